The van der Waals surface area contributed by atoms with Crippen LogP contribution in [0.3, 0.4) is 0 Å². The predicted molar refractivity (Wildman–Crippen MR) is 75.0 cm³/mol. The van der Waals surface area contributed by atoms with Gasteiger partial charge in [0.05, 0.1) is 5.56 Å². The highest BCUT2D eigenvalue weighted by Crippen LogP contribution is 2.25. The second-order valence-electron chi connectivity index (χ2n) is 4.48. The van der Waals surface area contributed by atoms with E-state index >= 15 is 0 Å². The lowest BCUT2D eigenvalue weighted by molar-refractivity contribution is 0.0604. The summed E-state index contributed by atoms with van der Waals surface area (Å²) in [6, 6.07) is 13.4. The van der Waals surface area contributed by atoms with Crippen molar-refractivity contribution >= 4 is 5.78 Å². The van der Waals surface area contributed by atoms with Crippen molar-refractivity contribution in [3.63, 3.8) is 0 Å². The van der Waals surface area contributed by atoms with Crippen LogP contribution in [0.15, 0.2) is 48.5 Å². The summed E-state index contributed by atoms with van der Waals surface area (Å²) in [6.45, 7) is 0. The molecule has 0 aliphatic rings. The number of hydrogen-bond acceptors (Lipinski definition) is 4. The van der Waals surface area contributed by atoms with Crippen LogP contribution in [0.1, 0.15) is 15.9 Å². The minimum atomic E-state index is -0.673. The van der Waals surface area contributed by atoms with Crippen LogP contribution in [0, 0.1) is 0 Å². The van der Waals surface area contributed by atoms with Gasteiger partial charge in [-0.15, -0.1) is 0 Å². The molecule has 0 radical (unpaired) electrons. The van der Waals surface area contributed by atoms with E-state index in [9.17, 15) is 15.0 Å². The molecule has 104 valence electrons. The number of rotatable bonds is 5. The van der Waals surface area contributed by atoms with Gasteiger partial charge in [-0.05, 0) is 17.7 Å². The van der Waals surface area contributed by atoms with Crippen LogP contribution in [0.2, 0.25) is 0 Å². The van der Waals surface area contributed by atoms with Crippen LogP contribution in [0.4, 0.5) is 0 Å². The Morgan fingerprint density at radius 3 is 2.45 bits per heavy atom. The smallest absolute Gasteiger partial charge is 0.195 e. The maximum absolute atomic E-state index is 12.3. The molecule has 0 amide bonds. The van der Waals surface area contributed by atoms with Crippen LogP contribution in [0.5, 0.6) is 11.5 Å². The first-order chi connectivity index (χ1) is 9.61. The number of ether oxygens (including phenoxy) is 1. The van der Waals surface area contributed by atoms with Crippen molar-refractivity contribution in [2.24, 2.45) is 0 Å². The topological polar surface area (TPSA) is 66.8 Å². The second kappa shape index (κ2) is 6.21. The molecule has 1 atom stereocenters. The fourth-order valence-electron chi connectivity index (χ4n) is 2.01. The number of phenols is 2. The molecule has 0 fully saturated rings. The molecular formula is C16H16O4. The van der Waals surface area contributed by atoms with Crippen molar-refractivity contribution in [2.45, 2.75) is 12.5 Å². The van der Waals surface area contributed by atoms with E-state index < -0.39 is 6.10 Å². The highest BCUT2D eigenvalue weighted by molar-refractivity contribution is 6.02. The van der Waals surface area contributed by atoms with Gasteiger partial charge in [0.1, 0.15) is 17.6 Å². The maximum atomic E-state index is 12.3. The van der Waals surface area contributed by atoms with Gasteiger partial charge in [-0.25, -0.2) is 0 Å². The average molecular weight is 272 g/mol. The van der Waals surface area contributed by atoms with Gasteiger partial charge >= 0.3 is 0 Å². The van der Waals surface area contributed by atoms with Crippen molar-refractivity contribution in [3.8, 4) is 11.5 Å². The Bertz CT molecular complexity index is 593. The molecule has 0 bridgehead atoms. The third kappa shape index (κ3) is 3.16. The number of carbonyl (C=O) groups excluding carboxylic acids is 1. The van der Waals surface area contributed by atoms with Crippen molar-refractivity contribution in [2.75, 3.05) is 7.11 Å². The Hall–Kier alpha value is -2.33. The van der Waals surface area contributed by atoms with Crippen molar-refractivity contribution in [1.82, 2.24) is 0 Å². The molecule has 0 aliphatic carbocycles. The number of benzene rings is 2. The summed E-state index contributed by atoms with van der Waals surface area (Å²) < 4.78 is 5.23. The van der Waals surface area contributed by atoms with E-state index in [4.69, 9.17) is 4.74 Å². The minimum Gasteiger partial charge on any atom is -0.508 e. The molecule has 0 spiro atoms. The summed E-state index contributed by atoms with van der Waals surface area (Å²) >= 11 is 0. The first-order valence-electron chi connectivity index (χ1n) is 6.24. The van der Waals surface area contributed by atoms with E-state index in [1.807, 2.05) is 30.3 Å². The molecule has 0 aromatic heterocycles. The molecule has 20 heavy (non-hydrogen) atoms. The molecule has 2 rings (SSSR count). The van der Waals surface area contributed by atoms with Gasteiger partial charge in [0.25, 0.3) is 0 Å². The largest absolute Gasteiger partial charge is 0.508 e. The summed E-state index contributed by atoms with van der Waals surface area (Å²) in [5.74, 6) is -0.643. The lowest BCUT2D eigenvalue weighted by atomic mass is 9.99. The third-order valence-electron chi connectivity index (χ3n) is 3.09. The molecule has 0 unspecified atom stereocenters. The SMILES string of the molecule is CO[C@H](Cc1ccccc1)C(=O)c1ccc(O)cc1O. The standard InChI is InChI=1S/C16H16O4/c1-20-15(9-11-5-3-2-4-6-11)16(19)13-8-7-12(17)10-14(13)18/h2-8,10,15,17-18H,9H2,1H3/t15-/m1/s1. The Labute approximate surface area is 117 Å². The van der Waals surface area contributed by atoms with Crippen molar-refractivity contribution in [3.05, 3.63) is 59.7 Å². The van der Waals surface area contributed by atoms with E-state index in [0.717, 1.165) is 11.6 Å². The average Bonchev–Trinajstić information content (AvgIpc) is 2.45. The molecule has 4 heteroatoms. The van der Waals surface area contributed by atoms with Crippen LogP contribution in [-0.2, 0) is 11.2 Å². The maximum Gasteiger partial charge on any atom is 0.195 e. The molecule has 0 heterocycles. The highest BCUT2D eigenvalue weighted by atomic mass is 16.5. The molecule has 2 N–H and O–H groups in total. The third-order valence-corrected chi connectivity index (χ3v) is 3.09. The molecule has 0 saturated heterocycles. The number of hydrogen-bond donors (Lipinski definition) is 2. The molecule has 0 aliphatic heterocycles. The molecular weight excluding hydrogens is 256 g/mol. The quantitative estimate of drug-likeness (QED) is 0.821. The van der Waals surface area contributed by atoms with E-state index in [1.165, 1.54) is 19.2 Å². The van der Waals surface area contributed by atoms with Gasteiger partial charge < -0.3 is 14.9 Å². The van der Waals surface area contributed by atoms with E-state index in [1.54, 1.807) is 0 Å². The normalized spacial score (nSPS) is 12.1. The van der Waals surface area contributed by atoms with Gasteiger partial charge in [0.2, 0.25) is 0 Å². The predicted octanol–water partition coefficient (Wildman–Crippen LogP) is 2.54. The van der Waals surface area contributed by atoms with Crippen LogP contribution in [0.25, 0.3) is 0 Å². The first kappa shape index (κ1) is 14.1. The summed E-state index contributed by atoms with van der Waals surface area (Å²) in [4.78, 5) is 12.3. The Kier molecular flexibility index (Phi) is 4.38. The lowest BCUT2D eigenvalue weighted by Crippen LogP contribution is -2.25. The van der Waals surface area contributed by atoms with Gasteiger partial charge in [-0.1, -0.05) is 30.3 Å². The lowest BCUT2D eigenvalue weighted by Gasteiger charge is -2.15. The fraction of sp³-hybridized carbons (Fsp3) is 0.188. The monoisotopic (exact) mass is 272 g/mol. The first-order valence-corrected chi connectivity index (χ1v) is 6.24. The summed E-state index contributed by atoms with van der Waals surface area (Å²) in [5, 5.41) is 19.0. The molecule has 4 nitrogen and oxygen atoms in total. The van der Waals surface area contributed by atoms with Crippen LogP contribution >= 0.6 is 0 Å². The molecule has 0 saturated carbocycles. The number of phenolic OH excluding ortho intramolecular Hbond substituents is 2. The van der Waals surface area contributed by atoms with E-state index in [0.29, 0.717) is 6.42 Å². The number of Topliss-reactive ketones (excluding diaryl/α,β-unsaturated/α-hetero) is 1. The van der Waals surface area contributed by atoms with E-state index in [-0.39, 0.29) is 22.8 Å². The number of methoxy groups -OCH3 is 1. The number of carbonyl (C=O) groups is 1. The number of aromatic hydroxyl groups is 2. The number of ketones is 1. The fourth-order valence-corrected chi connectivity index (χ4v) is 2.01. The Balaban J connectivity index is 2.21. The van der Waals surface area contributed by atoms with Gasteiger partial charge in [0, 0.05) is 19.6 Å². The Morgan fingerprint density at radius 2 is 1.85 bits per heavy atom. The summed E-state index contributed by atoms with van der Waals surface area (Å²) in [5.41, 5.74) is 1.12. The van der Waals surface area contributed by atoms with Crippen molar-refractivity contribution in [1.29, 1.82) is 0 Å². The van der Waals surface area contributed by atoms with E-state index in [2.05, 4.69) is 0 Å². The molecule has 2 aromatic carbocycles. The molecule has 2 aromatic rings. The minimum absolute atomic E-state index is 0.0870. The highest BCUT2D eigenvalue weighted by Gasteiger charge is 2.22. The van der Waals surface area contributed by atoms with Gasteiger partial charge in [-0.3, -0.25) is 4.79 Å². The Morgan fingerprint density at radius 1 is 1.15 bits per heavy atom. The zero-order chi connectivity index (χ0) is 14.5. The zero-order valence-corrected chi connectivity index (χ0v) is 11.1. The van der Waals surface area contributed by atoms with Gasteiger partial charge in [-0.2, -0.15) is 0 Å². The van der Waals surface area contributed by atoms with Gasteiger partial charge in [0.15, 0.2) is 5.78 Å². The summed E-state index contributed by atoms with van der Waals surface area (Å²) in [7, 11) is 1.46. The van der Waals surface area contributed by atoms with Crippen LogP contribution in [-0.4, -0.2) is 29.2 Å². The summed E-state index contributed by atoms with van der Waals surface area (Å²) in [6.07, 6.45) is -0.246. The zero-order valence-electron chi connectivity index (χ0n) is 11.1. The van der Waals surface area contributed by atoms with Crippen LogP contribution < -0.4 is 0 Å². The second-order valence-corrected chi connectivity index (χ2v) is 4.48. The van der Waals surface area contributed by atoms with Crippen molar-refractivity contribution < 1.29 is 19.7 Å².